The van der Waals surface area contributed by atoms with E-state index in [9.17, 15) is 9.50 Å². The normalized spacial score (nSPS) is 12.4. The van der Waals surface area contributed by atoms with Crippen molar-refractivity contribution < 1.29 is 9.50 Å². The lowest BCUT2D eigenvalue weighted by Gasteiger charge is -2.15. The number of hydrogen-bond acceptors (Lipinski definition) is 1. The van der Waals surface area contributed by atoms with Crippen LogP contribution >= 0.6 is 27.5 Å². The van der Waals surface area contributed by atoms with Crippen molar-refractivity contribution in [3.8, 4) is 0 Å². The van der Waals surface area contributed by atoms with Crippen molar-refractivity contribution in [3.63, 3.8) is 0 Å². The molecule has 0 spiro atoms. The van der Waals surface area contributed by atoms with Gasteiger partial charge in [0.05, 0.1) is 6.61 Å². The standard InChI is InChI=1S/C15H13BrClFO/c16-13-6-10(7-15(18)8-13)5-12(9-19)11-1-3-14(17)4-2-11/h1-4,6-8,12,19H,5,9H2. The summed E-state index contributed by atoms with van der Waals surface area (Å²) in [5, 5.41) is 10.2. The summed E-state index contributed by atoms with van der Waals surface area (Å²) in [5.74, 6) is -0.344. The third-order valence-corrected chi connectivity index (χ3v) is 3.68. The molecule has 1 unspecified atom stereocenters. The minimum Gasteiger partial charge on any atom is -0.396 e. The molecule has 4 heteroatoms. The van der Waals surface area contributed by atoms with E-state index in [1.807, 2.05) is 18.2 Å². The Morgan fingerprint density at radius 1 is 1.16 bits per heavy atom. The molecule has 0 aromatic heterocycles. The lowest BCUT2D eigenvalue weighted by Crippen LogP contribution is -2.08. The summed E-state index contributed by atoms with van der Waals surface area (Å²) in [7, 11) is 0. The highest BCUT2D eigenvalue weighted by atomic mass is 79.9. The van der Waals surface area contributed by atoms with Gasteiger partial charge in [-0.1, -0.05) is 39.7 Å². The highest BCUT2D eigenvalue weighted by molar-refractivity contribution is 9.10. The molecule has 0 aliphatic carbocycles. The molecule has 19 heavy (non-hydrogen) atoms. The molecule has 0 fully saturated rings. The van der Waals surface area contributed by atoms with Crippen molar-refractivity contribution in [1.82, 2.24) is 0 Å². The van der Waals surface area contributed by atoms with Gasteiger partial charge in [0.25, 0.3) is 0 Å². The molecule has 2 rings (SSSR count). The van der Waals surface area contributed by atoms with E-state index >= 15 is 0 Å². The lowest BCUT2D eigenvalue weighted by molar-refractivity contribution is 0.264. The van der Waals surface area contributed by atoms with Crippen LogP contribution in [0, 0.1) is 5.82 Å². The van der Waals surface area contributed by atoms with Gasteiger partial charge in [-0.25, -0.2) is 4.39 Å². The molecule has 100 valence electrons. The zero-order valence-electron chi connectivity index (χ0n) is 10.1. The topological polar surface area (TPSA) is 20.2 Å². The maximum atomic E-state index is 13.3. The van der Waals surface area contributed by atoms with Crippen molar-refractivity contribution in [3.05, 3.63) is 68.9 Å². The SMILES string of the molecule is OCC(Cc1cc(F)cc(Br)c1)c1ccc(Cl)cc1. The Morgan fingerprint density at radius 2 is 1.84 bits per heavy atom. The molecule has 0 heterocycles. The molecule has 0 bridgehead atoms. The fourth-order valence-electron chi connectivity index (χ4n) is 2.04. The average molecular weight is 344 g/mol. The van der Waals surface area contributed by atoms with Gasteiger partial charge in [0.15, 0.2) is 0 Å². The quantitative estimate of drug-likeness (QED) is 0.863. The summed E-state index contributed by atoms with van der Waals surface area (Å²) in [6.45, 7) is 0.00969. The van der Waals surface area contributed by atoms with Crippen LogP contribution in [0.4, 0.5) is 4.39 Å². The first-order chi connectivity index (χ1) is 9.08. The molecule has 1 N–H and O–H groups in total. The first-order valence-electron chi connectivity index (χ1n) is 5.90. The van der Waals surface area contributed by atoms with E-state index < -0.39 is 0 Å². The fraction of sp³-hybridized carbons (Fsp3) is 0.200. The molecule has 0 radical (unpaired) electrons. The fourth-order valence-corrected chi connectivity index (χ4v) is 2.67. The van der Waals surface area contributed by atoms with E-state index in [0.717, 1.165) is 11.1 Å². The van der Waals surface area contributed by atoms with Gasteiger partial charge in [0.1, 0.15) is 5.82 Å². The van der Waals surface area contributed by atoms with Gasteiger partial charge in [-0.2, -0.15) is 0 Å². The largest absolute Gasteiger partial charge is 0.396 e. The molecule has 1 nitrogen and oxygen atoms in total. The van der Waals surface area contributed by atoms with E-state index in [1.54, 1.807) is 12.1 Å². The Morgan fingerprint density at radius 3 is 2.42 bits per heavy atom. The molecular formula is C15H13BrClFO. The summed E-state index contributed by atoms with van der Waals surface area (Å²) in [5.41, 5.74) is 1.84. The molecule has 0 saturated heterocycles. The Balaban J connectivity index is 2.21. The van der Waals surface area contributed by atoms with Crippen molar-refractivity contribution in [2.45, 2.75) is 12.3 Å². The zero-order chi connectivity index (χ0) is 13.8. The van der Waals surface area contributed by atoms with Crippen LogP contribution in [-0.4, -0.2) is 11.7 Å². The Hall–Kier alpha value is -0.900. The number of halogens is 3. The molecule has 0 amide bonds. The van der Waals surface area contributed by atoms with Crippen LogP contribution in [0.3, 0.4) is 0 Å². The molecule has 1 atom stereocenters. The smallest absolute Gasteiger partial charge is 0.124 e. The maximum Gasteiger partial charge on any atom is 0.124 e. The number of aliphatic hydroxyl groups is 1. The predicted molar refractivity (Wildman–Crippen MR) is 79.1 cm³/mol. The third-order valence-electron chi connectivity index (χ3n) is 2.97. The first-order valence-corrected chi connectivity index (χ1v) is 7.07. The molecular weight excluding hydrogens is 331 g/mol. The molecule has 0 saturated carbocycles. The van der Waals surface area contributed by atoms with Gasteiger partial charge >= 0.3 is 0 Å². The van der Waals surface area contributed by atoms with Crippen molar-refractivity contribution in [2.24, 2.45) is 0 Å². The molecule has 2 aromatic rings. The predicted octanol–water partition coefficient (Wildman–Crippen LogP) is 4.56. The zero-order valence-corrected chi connectivity index (χ0v) is 12.5. The highest BCUT2D eigenvalue weighted by Crippen LogP contribution is 2.24. The molecule has 0 aliphatic rings. The van der Waals surface area contributed by atoms with E-state index in [1.165, 1.54) is 12.1 Å². The van der Waals surface area contributed by atoms with Crippen LogP contribution in [0.5, 0.6) is 0 Å². The van der Waals surface area contributed by atoms with Gasteiger partial charge in [-0.3, -0.25) is 0 Å². The van der Waals surface area contributed by atoms with Crippen molar-refractivity contribution in [2.75, 3.05) is 6.61 Å². The van der Waals surface area contributed by atoms with Crippen LogP contribution in [0.2, 0.25) is 5.02 Å². The van der Waals surface area contributed by atoms with Crippen molar-refractivity contribution in [1.29, 1.82) is 0 Å². The summed E-state index contributed by atoms with van der Waals surface area (Å²) in [6.07, 6.45) is 0.578. The van der Waals surface area contributed by atoms with Crippen LogP contribution in [0.15, 0.2) is 46.9 Å². The second-order valence-electron chi connectivity index (χ2n) is 4.41. The Bertz CT molecular complexity index is 536. The first kappa shape index (κ1) is 14.5. The van der Waals surface area contributed by atoms with Gasteiger partial charge in [0, 0.05) is 15.4 Å². The van der Waals surface area contributed by atoms with Crippen molar-refractivity contribution >= 4 is 27.5 Å². The number of hydrogen-bond donors (Lipinski definition) is 1. The maximum absolute atomic E-state index is 13.3. The van der Waals surface area contributed by atoms with Gasteiger partial charge in [-0.05, 0) is 47.9 Å². The monoisotopic (exact) mass is 342 g/mol. The number of benzene rings is 2. The number of rotatable bonds is 4. The van der Waals surface area contributed by atoms with Crippen LogP contribution in [-0.2, 0) is 6.42 Å². The van der Waals surface area contributed by atoms with Crippen LogP contribution in [0.1, 0.15) is 17.0 Å². The van der Waals surface area contributed by atoms with E-state index in [4.69, 9.17) is 11.6 Å². The summed E-state index contributed by atoms with van der Waals surface area (Å²) < 4.78 is 14.0. The second kappa shape index (κ2) is 6.51. The van der Waals surface area contributed by atoms with Crippen LogP contribution in [0.25, 0.3) is 0 Å². The minimum absolute atomic E-state index is 0.00969. The van der Waals surface area contributed by atoms with E-state index in [-0.39, 0.29) is 18.3 Å². The Kier molecular flexibility index (Phi) is 4.97. The Labute approximate surface area is 125 Å². The molecule has 2 aromatic carbocycles. The second-order valence-corrected chi connectivity index (χ2v) is 5.76. The average Bonchev–Trinajstić information content (AvgIpc) is 2.36. The minimum atomic E-state index is -0.280. The molecule has 0 aliphatic heterocycles. The van der Waals surface area contributed by atoms with Crippen LogP contribution < -0.4 is 0 Å². The summed E-state index contributed by atoms with van der Waals surface area (Å²) in [4.78, 5) is 0. The lowest BCUT2D eigenvalue weighted by atomic mass is 9.93. The van der Waals surface area contributed by atoms with Gasteiger partial charge in [-0.15, -0.1) is 0 Å². The van der Waals surface area contributed by atoms with Gasteiger partial charge in [0.2, 0.25) is 0 Å². The van der Waals surface area contributed by atoms with E-state index in [2.05, 4.69) is 15.9 Å². The van der Waals surface area contributed by atoms with Gasteiger partial charge < -0.3 is 5.11 Å². The highest BCUT2D eigenvalue weighted by Gasteiger charge is 2.12. The number of aliphatic hydroxyl groups excluding tert-OH is 1. The third kappa shape index (κ3) is 4.03. The van der Waals surface area contributed by atoms with E-state index in [0.29, 0.717) is 15.9 Å². The summed E-state index contributed by atoms with van der Waals surface area (Å²) >= 11 is 9.11. The summed E-state index contributed by atoms with van der Waals surface area (Å²) in [6, 6.07) is 12.1.